The van der Waals surface area contributed by atoms with E-state index in [2.05, 4.69) is 5.32 Å². The van der Waals surface area contributed by atoms with Crippen molar-refractivity contribution in [2.75, 3.05) is 13.1 Å². The van der Waals surface area contributed by atoms with Crippen LogP contribution in [0.5, 0.6) is 0 Å². The molecule has 1 aromatic rings. The molecule has 0 aliphatic carbocycles. The van der Waals surface area contributed by atoms with E-state index < -0.39 is 0 Å². The lowest BCUT2D eigenvalue weighted by molar-refractivity contribution is 0.0948. The number of amides is 1. The number of halogens is 1. The number of rotatable bonds is 4. The fourth-order valence-corrected chi connectivity index (χ4v) is 1.36. The van der Waals surface area contributed by atoms with Gasteiger partial charge in [-0.3, -0.25) is 4.79 Å². The number of nitrogens with one attached hydrogen (secondary N) is 1. The number of hydrogen-bond donors (Lipinski definition) is 2. The average Bonchev–Trinajstić information content (AvgIpc) is 2.29. The van der Waals surface area contributed by atoms with Gasteiger partial charge in [0.2, 0.25) is 0 Å². The maximum absolute atomic E-state index is 11.7. The van der Waals surface area contributed by atoms with Gasteiger partial charge in [0, 0.05) is 17.1 Å². The van der Waals surface area contributed by atoms with Gasteiger partial charge in [0.25, 0.3) is 5.91 Å². The van der Waals surface area contributed by atoms with Crippen LogP contribution in [-0.4, -0.2) is 19.0 Å². The molecule has 0 fully saturated rings. The number of carbonyl (C=O) groups excluding carboxylic acids is 1. The standard InChI is InChI=1S/C12H17ClN2O/c1-8(6-14)7-15-12(16)10-3-4-11(13)9(2)5-10/h3-5,8H,6-7,14H2,1-2H3,(H,15,16). The van der Waals surface area contributed by atoms with Gasteiger partial charge in [-0.2, -0.15) is 0 Å². The van der Waals surface area contributed by atoms with Crippen molar-refractivity contribution in [3.8, 4) is 0 Å². The highest BCUT2D eigenvalue weighted by atomic mass is 35.5. The van der Waals surface area contributed by atoms with E-state index in [0.717, 1.165) is 5.56 Å². The minimum atomic E-state index is -0.0833. The molecule has 3 N–H and O–H groups in total. The molecule has 0 heterocycles. The molecule has 0 aromatic heterocycles. The fourth-order valence-electron chi connectivity index (χ4n) is 1.24. The molecular weight excluding hydrogens is 224 g/mol. The SMILES string of the molecule is Cc1cc(C(=O)NCC(C)CN)ccc1Cl. The van der Waals surface area contributed by atoms with Crippen LogP contribution in [0.25, 0.3) is 0 Å². The van der Waals surface area contributed by atoms with Gasteiger partial charge in [0.1, 0.15) is 0 Å². The third-order valence-corrected chi connectivity index (χ3v) is 2.86. The Hall–Kier alpha value is -1.06. The number of aryl methyl sites for hydroxylation is 1. The lowest BCUT2D eigenvalue weighted by Gasteiger charge is -2.10. The van der Waals surface area contributed by atoms with E-state index in [-0.39, 0.29) is 11.8 Å². The summed E-state index contributed by atoms with van der Waals surface area (Å²) in [6, 6.07) is 5.24. The molecule has 1 rings (SSSR count). The number of hydrogen-bond acceptors (Lipinski definition) is 2. The third kappa shape index (κ3) is 3.51. The zero-order valence-electron chi connectivity index (χ0n) is 9.59. The molecule has 0 spiro atoms. The van der Waals surface area contributed by atoms with Crippen LogP contribution in [0.3, 0.4) is 0 Å². The van der Waals surface area contributed by atoms with Gasteiger partial charge < -0.3 is 11.1 Å². The molecule has 0 saturated carbocycles. The highest BCUT2D eigenvalue weighted by molar-refractivity contribution is 6.31. The fraction of sp³-hybridized carbons (Fsp3) is 0.417. The molecule has 1 unspecified atom stereocenters. The van der Waals surface area contributed by atoms with Crippen molar-refractivity contribution in [1.82, 2.24) is 5.32 Å². The Morgan fingerprint density at radius 2 is 2.25 bits per heavy atom. The second-order valence-electron chi connectivity index (χ2n) is 4.01. The zero-order chi connectivity index (χ0) is 12.1. The van der Waals surface area contributed by atoms with Crippen LogP contribution in [0.15, 0.2) is 18.2 Å². The minimum absolute atomic E-state index is 0.0833. The van der Waals surface area contributed by atoms with Gasteiger partial charge in [0.05, 0.1) is 0 Å². The minimum Gasteiger partial charge on any atom is -0.352 e. The topological polar surface area (TPSA) is 55.1 Å². The average molecular weight is 241 g/mol. The Balaban J connectivity index is 2.63. The highest BCUT2D eigenvalue weighted by Gasteiger charge is 2.08. The number of nitrogens with two attached hydrogens (primary N) is 1. The second kappa shape index (κ2) is 5.87. The lowest BCUT2D eigenvalue weighted by Crippen LogP contribution is -2.31. The molecule has 0 radical (unpaired) electrons. The Morgan fingerprint density at radius 3 is 2.81 bits per heavy atom. The Kier molecular flexibility index (Phi) is 4.77. The van der Waals surface area contributed by atoms with Crippen LogP contribution in [0.4, 0.5) is 0 Å². The molecule has 1 aromatic carbocycles. The molecular formula is C12H17ClN2O. The van der Waals surface area contributed by atoms with E-state index in [9.17, 15) is 4.79 Å². The van der Waals surface area contributed by atoms with Crippen LogP contribution in [0.2, 0.25) is 5.02 Å². The molecule has 0 bridgehead atoms. The molecule has 1 atom stereocenters. The summed E-state index contributed by atoms with van der Waals surface area (Å²) in [5.74, 6) is 0.206. The predicted octanol–water partition coefficient (Wildman–Crippen LogP) is 1.97. The normalized spacial score (nSPS) is 12.2. The summed E-state index contributed by atoms with van der Waals surface area (Å²) >= 11 is 5.89. The van der Waals surface area contributed by atoms with E-state index in [1.807, 2.05) is 13.8 Å². The van der Waals surface area contributed by atoms with Gasteiger partial charge in [-0.1, -0.05) is 18.5 Å². The third-order valence-electron chi connectivity index (χ3n) is 2.43. The lowest BCUT2D eigenvalue weighted by atomic mass is 10.1. The van der Waals surface area contributed by atoms with Gasteiger partial charge in [-0.25, -0.2) is 0 Å². The van der Waals surface area contributed by atoms with Crippen molar-refractivity contribution < 1.29 is 4.79 Å². The summed E-state index contributed by atoms with van der Waals surface area (Å²) in [7, 11) is 0. The van der Waals surface area contributed by atoms with Crippen LogP contribution >= 0.6 is 11.6 Å². The second-order valence-corrected chi connectivity index (χ2v) is 4.42. The first-order valence-corrected chi connectivity index (χ1v) is 5.66. The number of carbonyl (C=O) groups is 1. The van der Waals surface area contributed by atoms with Crippen LogP contribution in [-0.2, 0) is 0 Å². The van der Waals surface area contributed by atoms with Crippen molar-refractivity contribution >= 4 is 17.5 Å². The first-order valence-electron chi connectivity index (χ1n) is 5.29. The summed E-state index contributed by atoms with van der Waals surface area (Å²) in [6.07, 6.45) is 0. The van der Waals surface area contributed by atoms with Crippen molar-refractivity contribution in [3.05, 3.63) is 34.3 Å². The molecule has 4 heteroatoms. The van der Waals surface area contributed by atoms with Crippen LogP contribution in [0.1, 0.15) is 22.8 Å². The van der Waals surface area contributed by atoms with Crippen molar-refractivity contribution in [3.63, 3.8) is 0 Å². The Labute approximate surface area is 101 Å². The quantitative estimate of drug-likeness (QED) is 0.846. The maximum Gasteiger partial charge on any atom is 0.251 e. The van der Waals surface area contributed by atoms with Crippen LogP contribution in [0, 0.1) is 12.8 Å². The summed E-state index contributed by atoms with van der Waals surface area (Å²) in [5, 5.41) is 3.51. The molecule has 16 heavy (non-hydrogen) atoms. The molecule has 1 amide bonds. The van der Waals surface area contributed by atoms with Crippen molar-refractivity contribution in [2.45, 2.75) is 13.8 Å². The van der Waals surface area contributed by atoms with Gasteiger partial charge in [-0.15, -0.1) is 0 Å². The summed E-state index contributed by atoms with van der Waals surface area (Å²) in [4.78, 5) is 11.7. The van der Waals surface area contributed by atoms with Crippen molar-refractivity contribution in [2.24, 2.45) is 11.7 Å². The van der Waals surface area contributed by atoms with E-state index >= 15 is 0 Å². The molecule has 3 nitrogen and oxygen atoms in total. The van der Waals surface area contributed by atoms with Crippen LogP contribution < -0.4 is 11.1 Å². The molecule has 0 aliphatic heterocycles. The smallest absolute Gasteiger partial charge is 0.251 e. The monoisotopic (exact) mass is 240 g/mol. The van der Waals surface area contributed by atoms with E-state index in [4.69, 9.17) is 17.3 Å². The summed E-state index contributed by atoms with van der Waals surface area (Å²) < 4.78 is 0. The maximum atomic E-state index is 11.7. The number of benzene rings is 1. The predicted molar refractivity (Wildman–Crippen MR) is 66.7 cm³/mol. The first-order chi connectivity index (χ1) is 7.54. The Morgan fingerprint density at radius 1 is 1.56 bits per heavy atom. The largest absolute Gasteiger partial charge is 0.352 e. The molecule has 0 aliphatic rings. The zero-order valence-corrected chi connectivity index (χ0v) is 10.3. The van der Waals surface area contributed by atoms with E-state index in [0.29, 0.717) is 23.7 Å². The van der Waals surface area contributed by atoms with Gasteiger partial charge in [0.15, 0.2) is 0 Å². The Bertz CT molecular complexity index is 379. The van der Waals surface area contributed by atoms with E-state index in [1.165, 1.54) is 0 Å². The van der Waals surface area contributed by atoms with Gasteiger partial charge in [-0.05, 0) is 43.1 Å². The van der Waals surface area contributed by atoms with Crippen molar-refractivity contribution in [1.29, 1.82) is 0 Å². The first kappa shape index (κ1) is 13.0. The summed E-state index contributed by atoms with van der Waals surface area (Å²) in [5.41, 5.74) is 7.01. The molecule has 0 saturated heterocycles. The van der Waals surface area contributed by atoms with Gasteiger partial charge >= 0.3 is 0 Å². The summed E-state index contributed by atoms with van der Waals surface area (Å²) in [6.45, 7) is 5.03. The van der Waals surface area contributed by atoms with E-state index in [1.54, 1.807) is 18.2 Å². The molecule has 88 valence electrons. The highest BCUT2D eigenvalue weighted by Crippen LogP contribution is 2.16.